The van der Waals surface area contributed by atoms with Crippen molar-refractivity contribution >= 4 is 11.5 Å². The summed E-state index contributed by atoms with van der Waals surface area (Å²) in [4.78, 5) is 16.1. The van der Waals surface area contributed by atoms with Crippen LogP contribution in [0.15, 0.2) is 29.4 Å². The maximum absolute atomic E-state index is 11.2. The average Bonchev–Trinajstić information content (AvgIpc) is 2.71. The van der Waals surface area contributed by atoms with E-state index < -0.39 is 0 Å². The fourth-order valence-corrected chi connectivity index (χ4v) is 1.60. The van der Waals surface area contributed by atoms with Gasteiger partial charge in [0.05, 0.1) is 5.71 Å². The van der Waals surface area contributed by atoms with Gasteiger partial charge in [0.25, 0.3) is 0 Å². The quantitative estimate of drug-likeness (QED) is 0.706. The second kappa shape index (κ2) is 4.26. The SMILES string of the molecule is CC(=O)c1cccc(CC2=NOCC2)c1. The van der Waals surface area contributed by atoms with E-state index in [2.05, 4.69) is 5.16 Å². The van der Waals surface area contributed by atoms with Gasteiger partial charge >= 0.3 is 0 Å². The van der Waals surface area contributed by atoms with Gasteiger partial charge in [-0.15, -0.1) is 0 Å². The molecule has 1 aromatic rings. The molecule has 1 heterocycles. The Morgan fingerprint density at radius 2 is 2.40 bits per heavy atom. The van der Waals surface area contributed by atoms with Crippen LogP contribution in [0, 0.1) is 0 Å². The first-order valence-electron chi connectivity index (χ1n) is 5.03. The molecule has 0 spiro atoms. The van der Waals surface area contributed by atoms with Crippen LogP contribution >= 0.6 is 0 Å². The van der Waals surface area contributed by atoms with Crippen molar-refractivity contribution in [2.24, 2.45) is 5.16 Å². The van der Waals surface area contributed by atoms with Crippen molar-refractivity contribution < 1.29 is 9.63 Å². The third-order valence-electron chi connectivity index (χ3n) is 2.42. The molecule has 3 heteroatoms. The normalized spacial score (nSPS) is 14.6. The second-order valence-electron chi connectivity index (χ2n) is 3.67. The van der Waals surface area contributed by atoms with Crippen molar-refractivity contribution in [2.75, 3.05) is 6.61 Å². The van der Waals surface area contributed by atoms with Crippen LogP contribution in [0.1, 0.15) is 29.3 Å². The number of carbonyl (C=O) groups is 1. The van der Waals surface area contributed by atoms with Gasteiger partial charge in [-0.05, 0) is 18.6 Å². The van der Waals surface area contributed by atoms with E-state index in [1.165, 1.54) is 0 Å². The van der Waals surface area contributed by atoms with Gasteiger partial charge in [0.2, 0.25) is 0 Å². The summed E-state index contributed by atoms with van der Waals surface area (Å²) < 4.78 is 0. The Kier molecular flexibility index (Phi) is 2.81. The van der Waals surface area contributed by atoms with Crippen LogP contribution in [-0.2, 0) is 11.3 Å². The molecule has 0 N–H and O–H groups in total. The monoisotopic (exact) mass is 203 g/mol. The molecule has 0 radical (unpaired) electrons. The lowest BCUT2D eigenvalue weighted by molar-refractivity contribution is 0.101. The fraction of sp³-hybridized carbons (Fsp3) is 0.333. The highest BCUT2D eigenvalue weighted by Crippen LogP contribution is 2.11. The standard InChI is InChI=1S/C12H13NO2/c1-9(14)11-4-2-3-10(7-11)8-12-5-6-15-13-12/h2-4,7H,5-6,8H2,1H3. The lowest BCUT2D eigenvalue weighted by atomic mass is 10.0. The van der Waals surface area contributed by atoms with Crippen LogP contribution in [0.4, 0.5) is 0 Å². The molecule has 0 bridgehead atoms. The minimum atomic E-state index is 0.0986. The molecule has 15 heavy (non-hydrogen) atoms. The summed E-state index contributed by atoms with van der Waals surface area (Å²) in [7, 11) is 0. The molecule has 0 amide bonds. The van der Waals surface area contributed by atoms with Crippen molar-refractivity contribution in [1.29, 1.82) is 0 Å². The third-order valence-corrected chi connectivity index (χ3v) is 2.42. The van der Waals surface area contributed by atoms with Crippen molar-refractivity contribution in [2.45, 2.75) is 19.8 Å². The smallest absolute Gasteiger partial charge is 0.159 e. The van der Waals surface area contributed by atoms with Crippen molar-refractivity contribution in [1.82, 2.24) is 0 Å². The first kappa shape index (κ1) is 9.90. The summed E-state index contributed by atoms with van der Waals surface area (Å²) in [5, 5.41) is 3.94. The van der Waals surface area contributed by atoms with E-state index in [9.17, 15) is 4.79 Å². The summed E-state index contributed by atoms with van der Waals surface area (Å²) in [6, 6.07) is 7.66. The van der Waals surface area contributed by atoms with E-state index in [0.29, 0.717) is 6.61 Å². The lowest BCUT2D eigenvalue weighted by Gasteiger charge is -2.01. The molecule has 0 aliphatic carbocycles. The van der Waals surface area contributed by atoms with Crippen molar-refractivity contribution in [3.05, 3.63) is 35.4 Å². The van der Waals surface area contributed by atoms with Gasteiger partial charge in [-0.3, -0.25) is 4.79 Å². The second-order valence-corrected chi connectivity index (χ2v) is 3.67. The van der Waals surface area contributed by atoms with Crippen LogP contribution in [-0.4, -0.2) is 18.1 Å². The number of Topliss-reactive ketones (excluding diaryl/α,β-unsaturated/α-hetero) is 1. The molecular formula is C12H13NO2. The van der Waals surface area contributed by atoms with Gasteiger partial charge in [0, 0.05) is 18.4 Å². The maximum atomic E-state index is 11.2. The molecule has 0 unspecified atom stereocenters. The van der Waals surface area contributed by atoms with Gasteiger partial charge < -0.3 is 4.84 Å². The number of benzene rings is 1. The zero-order valence-electron chi connectivity index (χ0n) is 8.69. The fourth-order valence-electron chi connectivity index (χ4n) is 1.60. The molecule has 3 nitrogen and oxygen atoms in total. The van der Waals surface area contributed by atoms with Crippen LogP contribution in [0.5, 0.6) is 0 Å². The molecule has 0 saturated carbocycles. The van der Waals surface area contributed by atoms with Crippen LogP contribution in [0.2, 0.25) is 0 Å². The first-order valence-corrected chi connectivity index (χ1v) is 5.03. The molecule has 78 valence electrons. The predicted octanol–water partition coefficient (Wildman–Crippen LogP) is 2.21. The largest absolute Gasteiger partial charge is 0.395 e. The molecule has 2 rings (SSSR count). The number of rotatable bonds is 3. The van der Waals surface area contributed by atoms with Gasteiger partial charge in [-0.1, -0.05) is 23.4 Å². The molecule has 1 aromatic carbocycles. The summed E-state index contributed by atoms with van der Waals surface area (Å²) in [5.74, 6) is 0.0986. The number of nitrogens with zero attached hydrogens (tertiary/aromatic N) is 1. The first-order chi connectivity index (χ1) is 7.25. The third kappa shape index (κ3) is 2.43. The molecule has 1 aliphatic rings. The Labute approximate surface area is 88.7 Å². The Morgan fingerprint density at radius 3 is 3.07 bits per heavy atom. The van der Waals surface area contributed by atoms with E-state index in [-0.39, 0.29) is 5.78 Å². The molecule has 1 aliphatic heterocycles. The molecular weight excluding hydrogens is 190 g/mol. The Bertz CT molecular complexity index is 410. The lowest BCUT2D eigenvalue weighted by Crippen LogP contribution is -2.01. The van der Waals surface area contributed by atoms with E-state index in [1.807, 2.05) is 24.3 Å². The number of hydrogen-bond acceptors (Lipinski definition) is 3. The van der Waals surface area contributed by atoms with Gasteiger partial charge in [0.15, 0.2) is 5.78 Å². The van der Waals surface area contributed by atoms with E-state index in [4.69, 9.17) is 4.84 Å². The molecule has 0 atom stereocenters. The number of hydrogen-bond donors (Lipinski definition) is 0. The van der Waals surface area contributed by atoms with Crippen molar-refractivity contribution in [3.8, 4) is 0 Å². The topological polar surface area (TPSA) is 38.7 Å². The van der Waals surface area contributed by atoms with E-state index >= 15 is 0 Å². The zero-order chi connectivity index (χ0) is 10.7. The van der Waals surface area contributed by atoms with Gasteiger partial charge in [-0.2, -0.15) is 0 Å². The van der Waals surface area contributed by atoms with Crippen LogP contribution in [0.3, 0.4) is 0 Å². The Hall–Kier alpha value is -1.64. The summed E-state index contributed by atoms with van der Waals surface area (Å²) in [5.41, 5.74) is 2.93. The molecule has 0 fully saturated rings. The maximum Gasteiger partial charge on any atom is 0.159 e. The summed E-state index contributed by atoms with van der Waals surface area (Å²) >= 11 is 0. The highest BCUT2D eigenvalue weighted by molar-refractivity contribution is 5.94. The molecule has 0 aromatic heterocycles. The highest BCUT2D eigenvalue weighted by Gasteiger charge is 2.09. The predicted molar refractivity (Wildman–Crippen MR) is 58.2 cm³/mol. The molecule has 0 saturated heterocycles. The minimum absolute atomic E-state index is 0.0986. The van der Waals surface area contributed by atoms with E-state index in [0.717, 1.165) is 29.7 Å². The van der Waals surface area contributed by atoms with Crippen LogP contribution in [0.25, 0.3) is 0 Å². The summed E-state index contributed by atoms with van der Waals surface area (Å²) in [6.45, 7) is 2.26. The van der Waals surface area contributed by atoms with Crippen LogP contribution < -0.4 is 0 Å². The highest BCUT2D eigenvalue weighted by atomic mass is 16.6. The van der Waals surface area contributed by atoms with Crippen molar-refractivity contribution in [3.63, 3.8) is 0 Å². The summed E-state index contributed by atoms with van der Waals surface area (Å²) in [6.07, 6.45) is 1.67. The minimum Gasteiger partial charge on any atom is -0.395 e. The zero-order valence-corrected chi connectivity index (χ0v) is 8.69. The Balaban J connectivity index is 2.14. The van der Waals surface area contributed by atoms with Gasteiger partial charge in [-0.25, -0.2) is 0 Å². The number of carbonyl (C=O) groups excluding carboxylic acids is 1. The number of ketones is 1. The van der Waals surface area contributed by atoms with E-state index in [1.54, 1.807) is 6.92 Å². The Morgan fingerprint density at radius 1 is 1.53 bits per heavy atom. The number of oxime groups is 1. The average molecular weight is 203 g/mol. The van der Waals surface area contributed by atoms with Gasteiger partial charge in [0.1, 0.15) is 6.61 Å².